The zero-order chi connectivity index (χ0) is 13.8. The Morgan fingerprint density at radius 2 is 2.11 bits per heavy atom. The second kappa shape index (κ2) is 7.70. The summed E-state index contributed by atoms with van der Waals surface area (Å²) < 4.78 is 0. The summed E-state index contributed by atoms with van der Waals surface area (Å²) in [6.45, 7) is 6.64. The topological polar surface area (TPSA) is 75.4 Å². The van der Waals surface area contributed by atoms with Gasteiger partial charge in [0.1, 0.15) is 0 Å². The Balaban J connectivity index is 0.00000324. The summed E-state index contributed by atoms with van der Waals surface area (Å²) in [5, 5.41) is 2.88. The predicted octanol–water partition coefficient (Wildman–Crippen LogP) is 1.05. The van der Waals surface area contributed by atoms with E-state index in [1.54, 1.807) is 11.8 Å². The van der Waals surface area contributed by atoms with Gasteiger partial charge in [0.25, 0.3) is 0 Å². The minimum atomic E-state index is -0.785. The Hall–Kier alpha value is -0.810. The third-order valence-corrected chi connectivity index (χ3v) is 3.37. The van der Waals surface area contributed by atoms with Gasteiger partial charge in [0.05, 0.1) is 5.54 Å². The van der Waals surface area contributed by atoms with Crippen LogP contribution in [-0.2, 0) is 9.59 Å². The molecule has 2 unspecified atom stereocenters. The van der Waals surface area contributed by atoms with E-state index in [2.05, 4.69) is 5.32 Å². The Bertz CT molecular complexity index is 321. The summed E-state index contributed by atoms with van der Waals surface area (Å²) in [5.41, 5.74) is 5.28. The number of nitrogens with two attached hydrogens (primary N) is 1. The fraction of sp³-hybridized carbons (Fsp3) is 0.846. The first kappa shape index (κ1) is 18.2. The monoisotopic (exact) mass is 291 g/mol. The van der Waals surface area contributed by atoms with E-state index in [1.807, 2.05) is 6.92 Å². The average Bonchev–Trinajstić information content (AvgIpc) is 2.27. The number of amides is 2. The molecule has 1 aliphatic rings. The van der Waals surface area contributed by atoms with Crippen molar-refractivity contribution in [2.45, 2.75) is 58.0 Å². The van der Waals surface area contributed by atoms with Crippen molar-refractivity contribution in [3.63, 3.8) is 0 Å². The van der Waals surface area contributed by atoms with Crippen LogP contribution in [0.15, 0.2) is 0 Å². The molecule has 0 radical (unpaired) electrons. The molecule has 2 atom stereocenters. The van der Waals surface area contributed by atoms with Gasteiger partial charge in [-0.05, 0) is 26.2 Å². The molecule has 0 aromatic heterocycles. The molecule has 0 aromatic carbocycles. The van der Waals surface area contributed by atoms with Gasteiger partial charge < -0.3 is 16.0 Å². The van der Waals surface area contributed by atoms with Crippen LogP contribution in [-0.4, -0.2) is 41.4 Å². The number of hydrogen-bond donors (Lipinski definition) is 2. The van der Waals surface area contributed by atoms with Gasteiger partial charge in [0, 0.05) is 26.1 Å². The van der Waals surface area contributed by atoms with Gasteiger partial charge in [-0.15, -0.1) is 12.4 Å². The van der Waals surface area contributed by atoms with Crippen molar-refractivity contribution >= 4 is 24.2 Å². The molecule has 5 nitrogen and oxygen atoms in total. The van der Waals surface area contributed by atoms with Gasteiger partial charge in [-0.2, -0.15) is 0 Å². The van der Waals surface area contributed by atoms with E-state index in [0.29, 0.717) is 13.0 Å². The van der Waals surface area contributed by atoms with E-state index in [0.717, 1.165) is 25.8 Å². The van der Waals surface area contributed by atoms with Gasteiger partial charge in [0.2, 0.25) is 11.8 Å². The third kappa shape index (κ3) is 5.37. The highest BCUT2D eigenvalue weighted by atomic mass is 35.5. The fourth-order valence-corrected chi connectivity index (χ4v) is 2.55. The maximum atomic E-state index is 12.3. The molecule has 1 saturated heterocycles. The molecule has 0 saturated carbocycles. The summed E-state index contributed by atoms with van der Waals surface area (Å²) in [4.78, 5) is 25.2. The highest BCUT2D eigenvalue weighted by Gasteiger charge is 2.34. The van der Waals surface area contributed by atoms with Crippen molar-refractivity contribution in [2.24, 2.45) is 5.73 Å². The quantitative estimate of drug-likeness (QED) is 0.813. The number of carbonyl (C=O) groups excluding carboxylic acids is 2. The highest BCUT2D eigenvalue weighted by molar-refractivity contribution is 5.86. The summed E-state index contributed by atoms with van der Waals surface area (Å²) >= 11 is 0. The maximum Gasteiger partial charge on any atom is 0.242 e. The van der Waals surface area contributed by atoms with Gasteiger partial charge >= 0.3 is 0 Å². The molecule has 3 N–H and O–H groups in total. The number of rotatable bonds is 4. The van der Waals surface area contributed by atoms with E-state index in [-0.39, 0.29) is 30.3 Å². The molecule has 0 spiro atoms. The molecule has 2 amide bonds. The molecule has 1 rings (SSSR count). The van der Waals surface area contributed by atoms with Crippen molar-refractivity contribution in [3.8, 4) is 0 Å². The van der Waals surface area contributed by atoms with E-state index >= 15 is 0 Å². The van der Waals surface area contributed by atoms with Crippen LogP contribution in [0.4, 0.5) is 0 Å². The highest BCUT2D eigenvalue weighted by Crippen LogP contribution is 2.17. The maximum absolute atomic E-state index is 12.3. The first-order valence-corrected chi connectivity index (χ1v) is 6.72. The molecule has 1 aliphatic heterocycles. The zero-order valence-electron chi connectivity index (χ0n) is 12.1. The van der Waals surface area contributed by atoms with Crippen LogP contribution in [0.5, 0.6) is 0 Å². The summed E-state index contributed by atoms with van der Waals surface area (Å²) in [6.07, 6.45) is 3.42. The SMILES string of the molecule is CCCC(C)(N)C(=O)N1CCCC(NC(C)=O)C1.Cl. The number of hydrogen-bond acceptors (Lipinski definition) is 3. The van der Waals surface area contributed by atoms with Gasteiger partial charge in [-0.1, -0.05) is 13.3 Å². The molecular formula is C13H26ClN3O2. The Labute approximate surface area is 121 Å². The van der Waals surface area contributed by atoms with Gasteiger partial charge in [-0.3, -0.25) is 9.59 Å². The zero-order valence-corrected chi connectivity index (χ0v) is 12.9. The minimum Gasteiger partial charge on any atom is -0.352 e. The van der Waals surface area contributed by atoms with Crippen LogP contribution >= 0.6 is 12.4 Å². The molecule has 0 aromatic rings. The second-order valence-corrected chi connectivity index (χ2v) is 5.46. The van der Waals surface area contributed by atoms with Crippen LogP contribution in [0.1, 0.15) is 46.5 Å². The Morgan fingerprint density at radius 1 is 1.47 bits per heavy atom. The normalized spacial score (nSPS) is 22.1. The number of likely N-dealkylation sites (tertiary alicyclic amines) is 1. The summed E-state index contributed by atoms with van der Waals surface area (Å²) in [5.74, 6) is -0.0437. The van der Waals surface area contributed by atoms with Crippen LogP contribution < -0.4 is 11.1 Å². The fourth-order valence-electron chi connectivity index (χ4n) is 2.55. The number of halogens is 1. The molecular weight excluding hydrogens is 266 g/mol. The molecule has 19 heavy (non-hydrogen) atoms. The van der Waals surface area contributed by atoms with Crippen molar-refractivity contribution in [1.82, 2.24) is 10.2 Å². The Kier molecular flexibility index (Phi) is 7.37. The Morgan fingerprint density at radius 3 is 2.63 bits per heavy atom. The van der Waals surface area contributed by atoms with E-state index in [9.17, 15) is 9.59 Å². The van der Waals surface area contributed by atoms with Crippen molar-refractivity contribution in [2.75, 3.05) is 13.1 Å². The lowest BCUT2D eigenvalue weighted by molar-refractivity contribution is -0.138. The van der Waals surface area contributed by atoms with Crippen molar-refractivity contribution in [3.05, 3.63) is 0 Å². The lowest BCUT2D eigenvalue weighted by Crippen LogP contribution is -2.58. The van der Waals surface area contributed by atoms with Crippen molar-refractivity contribution < 1.29 is 9.59 Å². The standard InChI is InChI=1S/C13H25N3O2.ClH/c1-4-7-13(3,14)12(18)16-8-5-6-11(9-16)15-10(2)17;/h11H,4-9,14H2,1-3H3,(H,15,17);1H. The van der Waals surface area contributed by atoms with E-state index < -0.39 is 5.54 Å². The first-order chi connectivity index (χ1) is 8.36. The first-order valence-electron chi connectivity index (χ1n) is 6.72. The van der Waals surface area contributed by atoms with E-state index in [1.165, 1.54) is 6.92 Å². The second-order valence-electron chi connectivity index (χ2n) is 5.46. The van der Waals surface area contributed by atoms with Gasteiger partial charge in [0.15, 0.2) is 0 Å². The molecule has 0 bridgehead atoms. The lowest BCUT2D eigenvalue weighted by Gasteiger charge is -2.37. The third-order valence-electron chi connectivity index (χ3n) is 3.37. The summed E-state index contributed by atoms with van der Waals surface area (Å²) in [7, 11) is 0. The van der Waals surface area contributed by atoms with Gasteiger partial charge in [-0.25, -0.2) is 0 Å². The minimum absolute atomic E-state index is 0. The van der Waals surface area contributed by atoms with E-state index in [4.69, 9.17) is 5.73 Å². The smallest absolute Gasteiger partial charge is 0.242 e. The average molecular weight is 292 g/mol. The van der Waals surface area contributed by atoms with Crippen LogP contribution in [0, 0.1) is 0 Å². The molecule has 6 heteroatoms. The number of piperidine rings is 1. The lowest BCUT2D eigenvalue weighted by atomic mass is 9.94. The van der Waals surface area contributed by atoms with Crippen molar-refractivity contribution in [1.29, 1.82) is 0 Å². The van der Waals surface area contributed by atoms with Crippen LogP contribution in [0.2, 0.25) is 0 Å². The number of nitrogens with one attached hydrogen (secondary N) is 1. The van der Waals surface area contributed by atoms with Crippen LogP contribution in [0.25, 0.3) is 0 Å². The molecule has 1 fully saturated rings. The molecule has 1 heterocycles. The number of nitrogens with zero attached hydrogens (tertiary/aromatic N) is 1. The van der Waals surface area contributed by atoms with Crippen LogP contribution in [0.3, 0.4) is 0 Å². The summed E-state index contributed by atoms with van der Waals surface area (Å²) in [6, 6.07) is 0.0672. The number of carbonyl (C=O) groups is 2. The predicted molar refractivity (Wildman–Crippen MR) is 78.2 cm³/mol. The largest absolute Gasteiger partial charge is 0.352 e. The molecule has 0 aliphatic carbocycles. The molecule has 112 valence electrons.